The number of ether oxygens (including phenoxy) is 3. The van der Waals surface area contributed by atoms with Crippen LogP contribution in [0.2, 0.25) is 0 Å². The summed E-state index contributed by atoms with van der Waals surface area (Å²) < 4.78 is 16.9. The molecule has 8 heteroatoms. The fraction of sp³-hybridized carbons (Fsp3) is 0.737. The topological polar surface area (TPSA) is 99.1 Å². The number of hydrogen-bond acceptors (Lipinski definition) is 7. The van der Waals surface area contributed by atoms with Crippen molar-refractivity contribution in [2.45, 2.75) is 51.0 Å². The lowest BCUT2D eigenvalue weighted by atomic mass is 9.69. The summed E-state index contributed by atoms with van der Waals surface area (Å²) in [6.07, 6.45) is 1.63. The largest absolute Gasteiger partial charge is 0.458 e. The molecule has 2 bridgehead atoms. The zero-order valence-electron chi connectivity index (χ0n) is 16.1. The van der Waals surface area contributed by atoms with E-state index in [1.54, 1.807) is 13.8 Å². The number of cyclic esters (lactones) is 1. The van der Waals surface area contributed by atoms with Crippen LogP contribution in [0.5, 0.6) is 0 Å². The van der Waals surface area contributed by atoms with Gasteiger partial charge < -0.3 is 19.3 Å². The molecule has 4 aliphatic heterocycles. The van der Waals surface area contributed by atoms with E-state index in [1.165, 1.54) is 6.92 Å². The quantitative estimate of drug-likeness (QED) is 0.229. The van der Waals surface area contributed by atoms with Crippen molar-refractivity contribution in [3.63, 3.8) is 0 Å². The molecular weight excluding hydrogens is 354 g/mol. The van der Waals surface area contributed by atoms with Crippen molar-refractivity contribution in [2.75, 3.05) is 26.7 Å². The second-order valence-electron chi connectivity index (χ2n) is 8.56. The Hall–Kier alpha value is -1.93. The lowest BCUT2D eigenvalue weighted by Gasteiger charge is -2.40. The van der Waals surface area contributed by atoms with Crippen LogP contribution in [-0.4, -0.2) is 71.7 Å². The van der Waals surface area contributed by atoms with Gasteiger partial charge in [0.05, 0.1) is 19.2 Å². The van der Waals surface area contributed by atoms with Gasteiger partial charge in [0.25, 0.3) is 5.72 Å². The maximum Gasteiger partial charge on any atom is 0.350 e. The third-order valence-electron chi connectivity index (χ3n) is 7.54. The first kappa shape index (κ1) is 18.4. The molecule has 0 aromatic carbocycles. The third kappa shape index (κ3) is 1.92. The number of aliphatic hydroxyl groups is 1. The summed E-state index contributed by atoms with van der Waals surface area (Å²) in [6, 6.07) is 0. The second kappa shape index (κ2) is 5.32. The number of fused-ring (bicyclic) bond motifs is 2. The van der Waals surface area contributed by atoms with E-state index in [-0.39, 0.29) is 17.5 Å². The number of rotatable bonds is 1. The molecule has 0 unspecified atom stereocenters. The molecule has 0 radical (unpaired) electrons. The van der Waals surface area contributed by atoms with Gasteiger partial charge >= 0.3 is 17.9 Å². The Labute approximate surface area is 157 Å². The highest BCUT2D eigenvalue weighted by atomic mass is 16.6. The molecule has 0 aromatic rings. The van der Waals surface area contributed by atoms with Gasteiger partial charge in [-0.05, 0) is 19.4 Å². The molecular formula is C19H26NO7+. The van der Waals surface area contributed by atoms with Crippen LogP contribution in [0, 0.1) is 11.3 Å². The van der Waals surface area contributed by atoms with Crippen LogP contribution < -0.4 is 0 Å². The van der Waals surface area contributed by atoms with Gasteiger partial charge in [0.2, 0.25) is 5.60 Å². The highest BCUT2D eigenvalue weighted by Gasteiger charge is 2.71. The molecule has 8 nitrogen and oxygen atoms in total. The standard InChI is InChI=1S/C19H26NO7/c1-5-18-11(2)17(3,27-16(18)23)14(21)25-10-12-6-8-20(4)9-7-13(19(12,20)24)26-15(18)22/h6,11,13,24H,5,7-10H2,1-4H3/q+1/t11-,13-,17-,18+,19+,20+/m1/s1. The molecule has 6 atom stereocenters. The lowest BCUT2D eigenvalue weighted by molar-refractivity contribution is -0.955. The predicted octanol–water partition coefficient (Wildman–Crippen LogP) is 0.282. The zero-order chi connectivity index (χ0) is 19.8. The summed E-state index contributed by atoms with van der Waals surface area (Å²) in [5, 5.41) is 11.5. The van der Waals surface area contributed by atoms with Crippen molar-refractivity contribution < 1.29 is 38.2 Å². The summed E-state index contributed by atoms with van der Waals surface area (Å²) >= 11 is 0. The van der Waals surface area contributed by atoms with Gasteiger partial charge in [-0.1, -0.05) is 13.8 Å². The maximum absolute atomic E-state index is 13.2. The van der Waals surface area contributed by atoms with Crippen LogP contribution in [0.1, 0.15) is 33.6 Å². The van der Waals surface area contributed by atoms with Gasteiger partial charge in [-0.3, -0.25) is 14.1 Å². The highest BCUT2D eigenvalue weighted by Crippen LogP contribution is 2.52. The SMILES string of the molecule is CC[C@]12C(=O)O[C@@H]3CC[N@+]4(C)CC=C(COC(=O)[C@](C)(OC1=O)[C@H]2C)[C@]34O. The lowest BCUT2D eigenvalue weighted by Crippen LogP contribution is -2.61. The maximum atomic E-state index is 13.2. The van der Waals surface area contributed by atoms with E-state index in [2.05, 4.69) is 0 Å². The van der Waals surface area contributed by atoms with Crippen molar-refractivity contribution in [3.8, 4) is 0 Å². The van der Waals surface area contributed by atoms with E-state index in [9.17, 15) is 19.5 Å². The Bertz CT molecular complexity index is 778. The fourth-order valence-electron chi connectivity index (χ4n) is 5.29. The van der Waals surface area contributed by atoms with E-state index in [0.29, 0.717) is 25.1 Å². The van der Waals surface area contributed by atoms with Crippen LogP contribution in [0.3, 0.4) is 0 Å². The smallest absolute Gasteiger partial charge is 0.350 e. The molecule has 0 saturated carbocycles. The average Bonchev–Trinajstić information content (AvgIpc) is 3.10. The Balaban J connectivity index is 1.84. The van der Waals surface area contributed by atoms with Crippen molar-refractivity contribution in [1.29, 1.82) is 0 Å². The van der Waals surface area contributed by atoms with Crippen molar-refractivity contribution >= 4 is 17.9 Å². The van der Waals surface area contributed by atoms with Gasteiger partial charge in [-0.25, -0.2) is 4.79 Å². The average molecular weight is 380 g/mol. The van der Waals surface area contributed by atoms with E-state index in [4.69, 9.17) is 14.2 Å². The van der Waals surface area contributed by atoms with Crippen LogP contribution in [-0.2, 0) is 28.6 Å². The zero-order valence-corrected chi connectivity index (χ0v) is 16.1. The molecule has 0 aromatic heterocycles. The van der Waals surface area contributed by atoms with Crippen LogP contribution >= 0.6 is 0 Å². The summed E-state index contributed by atoms with van der Waals surface area (Å²) in [4.78, 5) is 38.8. The molecule has 0 spiro atoms. The predicted molar refractivity (Wildman–Crippen MR) is 90.8 cm³/mol. The summed E-state index contributed by atoms with van der Waals surface area (Å²) in [7, 11) is 1.89. The monoisotopic (exact) mass is 380 g/mol. The number of carbonyl (C=O) groups excluding carboxylic acids is 3. The number of likely N-dealkylation sites (N-methyl/N-ethyl adjacent to an activating group) is 1. The molecule has 148 valence electrons. The molecule has 0 aliphatic carbocycles. The Morgan fingerprint density at radius 1 is 1.26 bits per heavy atom. The van der Waals surface area contributed by atoms with Gasteiger partial charge in [-0.2, -0.15) is 0 Å². The molecule has 3 fully saturated rings. The molecule has 27 heavy (non-hydrogen) atoms. The first-order valence-corrected chi connectivity index (χ1v) is 9.44. The Morgan fingerprint density at radius 3 is 2.63 bits per heavy atom. The molecule has 0 amide bonds. The second-order valence-corrected chi connectivity index (χ2v) is 8.56. The number of carbonyl (C=O) groups is 3. The molecule has 4 heterocycles. The van der Waals surface area contributed by atoms with E-state index < -0.39 is 46.7 Å². The van der Waals surface area contributed by atoms with Gasteiger partial charge in [0.15, 0.2) is 11.5 Å². The molecule has 3 saturated heterocycles. The molecule has 1 N–H and O–H groups in total. The van der Waals surface area contributed by atoms with E-state index >= 15 is 0 Å². The number of nitrogens with zero attached hydrogens (tertiary/aromatic N) is 1. The van der Waals surface area contributed by atoms with Crippen molar-refractivity contribution in [1.82, 2.24) is 0 Å². The minimum atomic E-state index is -1.59. The van der Waals surface area contributed by atoms with Crippen LogP contribution in [0.15, 0.2) is 11.6 Å². The first-order valence-electron chi connectivity index (χ1n) is 9.44. The Kier molecular flexibility index (Phi) is 3.63. The summed E-state index contributed by atoms with van der Waals surface area (Å²) in [5.74, 6) is -2.98. The summed E-state index contributed by atoms with van der Waals surface area (Å²) in [6.45, 7) is 5.84. The molecule has 4 aliphatic rings. The number of quaternary nitrogens is 1. The minimum Gasteiger partial charge on any atom is -0.458 e. The van der Waals surface area contributed by atoms with Gasteiger partial charge in [-0.15, -0.1) is 0 Å². The Morgan fingerprint density at radius 2 is 1.96 bits per heavy atom. The first-order chi connectivity index (χ1) is 12.6. The number of hydrogen-bond donors (Lipinski definition) is 1. The van der Waals surface area contributed by atoms with Crippen LogP contribution in [0.4, 0.5) is 0 Å². The third-order valence-corrected chi connectivity index (χ3v) is 7.54. The fourth-order valence-corrected chi connectivity index (χ4v) is 5.29. The molecule has 4 rings (SSSR count). The van der Waals surface area contributed by atoms with Gasteiger partial charge in [0, 0.05) is 12.3 Å². The van der Waals surface area contributed by atoms with Gasteiger partial charge in [0.1, 0.15) is 13.2 Å². The van der Waals surface area contributed by atoms with E-state index in [0.717, 1.165) is 0 Å². The van der Waals surface area contributed by atoms with Crippen molar-refractivity contribution in [2.24, 2.45) is 11.3 Å². The van der Waals surface area contributed by atoms with Crippen molar-refractivity contribution in [3.05, 3.63) is 11.6 Å². The normalized spacial score (nSPS) is 48.9. The van der Waals surface area contributed by atoms with E-state index in [1.807, 2.05) is 13.1 Å². The number of esters is 3. The minimum absolute atomic E-state index is 0.129. The highest BCUT2D eigenvalue weighted by molar-refractivity contribution is 6.05. The van der Waals surface area contributed by atoms with Crippen LogP contribution in [0.25, 0.3) is 0 Å². The summed E-state index contributed by atoms with van der Waals surface area (Å²) in [5.41, 5.74) is -4.10.